The number of hydrogen-bond donors (Lipinski definition) is 1. The lowest BCUT2D eigenvalue weighted by atomic mass is 10.1. The molecule has 2 rings (SSSR count). The maximum absolute atomic E-state index is 13.3. The van der Waals surface area contributed by atoms with Crippen LogP contribution in [0.3, 0.4) is 0 Å². The van der Waals surface area contributed by atoms with Crippen molar-refractivity contribution < 1.29 is 8.78 Å². The molecule has 0 aromatic heterocycles. The zero-order valence-corrected chi connectivity index (χ0v) is 8.00. The van der Waals surface area contributed by atoms with E-state index in [-0.39, 0.29) is 23.4 Å². The van der Waals surface area contributed by atoms with Gasteiger partial charge in [0.15, 0.2) is 0 Å². The minimum Gasteiger partial charge on any atom is -0.328 e. The fourth-order valence-corrected chi connectivity index (χ4v) is 1.99. The Kier molecular flexibility index (Phi) is 2.27. The van der Waals surface area contributed by atoms with Crippen LogP contribution in [0.15, 0.2) is 18.2 Å². The first-order valence-electron chi connectivity index (χ1n) is 4.80. The minimum atomic E-state index is -0.446. The van der Waals surface area contributed by atoms with E-state index in [4.69, 9.17) is 5.73 Å². The molecule has 0 heterocycles. The van der Waals surface area contributed by atoms with E-state index in [1.807, 2.05) is 6.92 Å². The molecular weight excluding hydrogens is 184 g/mol. The van der Waals surface area contributed by atoms with Crippen LogP contribution in [-0.4, -0.2) is 6.04 Å². The van der Waals surface area contributed by atoms with Crippen LogP contribution in [-0.2, 0) is 0 Å². The molecule has 1 aromatic rings. The van der Waals surface area contributed by atoms with Gasteiger partial charge in [-0.3, -0.25) is 0 Å². The van der Waals surface area contributed by atoms with Crippen molar-refractivity contribution in [1.29, 1.82) is 0 Å². The number of rotatable bonds is 2. The van der Waals surface area contributed by atoms with Gasteiger partial charge in [-0.25, -0.2) is 8.78 Å². The number of nitrogens with two attached hydrogens (primary N) is 1. The van der Waals surface area contributed by atoms with E-state index < -0.39 is 11.6 Å². The molecule has 1 aliphatic rings. The fraction of sp³-hybridized carbons (Fsp3) is 0.455. The minimum absolute atomic E-state index is 0.0130. The molecule has 1 aromatic carbocycles. The molecule has 1 aliphatic carbocycles. The van der Waals surface area contributed by atoms with Gasteiger partial charge in [-0.05, 0) is 37.3 Å². The van der Waals surface area contributed by atoms with Crippen LogP contribution in [0.25, 0.3) is 0 Å². The summed E-state index contributed by atoms with van der Waals surface area (Å²) in [5.74, 6) is -0.672. The Bertz CT molecular complexity index is 329. The first-order chi connectivity index (χ1) is 6.61. The van der Waals surface area contributed by atoms with Crippen LogP contribution < -0.4 is 5.73 Å². The Morgan fingerprint density at radius 1 is 1.36 bits per heavy atom. The van der Waals surface area contributed by atoms with Crippen LogP contribution in [0.4, 0.5) is 8.78 Å². The predicted molar refractivity (Wildman–Crippen MR) is 50.9 cm³/mol. The second-order valence-electron chi connectivity index (χ2n) is 4.00. The molecular formula is C11H13F2N. The molecule has 1 fully saturated rings. The standard InChI is InChI=1S/C11H13F2N/c1-6(14)7-5-8(7)11-9(12)3-2-4-10(11)13/h2-4,6-8H,5,14H2,1H3/t6-,7-,8-/m0/s1. The molecule has 76 valence electrons. The quantitative estimate of drug-likeness (QED) is 0.774. The maximum Gasteiger partial charge on any atom is 0.129 e. The smallest absolute Gasteiger partial charge is 0.129 e. The lowest BCUT2D eigenvalue weighted by Gasteiger charge is -2.06. The van der Waals surface area contributed by atoms with E-state index in [0.717, 1.165) is 6.42 Å². The van der Waals surface area contributed by atoms with Crippen LogP contribution in [0.1, 0.15) is 24.8 Å². The molecule has 0 aliphatic heterocycles. The van der Waals surface area contributed by atoms with Gasteiger partial charge in [-0.1, -0.05) is 6.07 Å². The molecule has 0 radical (unpaired) electrons. The van der Waals surface area contributed by atoms with Gasteiger partial charge < -0.3 is 5.73 Å². The predicted octanol–water partition coefficient (Wildman–Crippen LogP) is 2.42. The molecule has 0 amide bonds. The van der Waals surface area contributed by atoms with Crippen molar-refractivity contribution in [2.45, 2.75) is 25.3 Å². The summed E-state index contributed by atoms with van der Waals surface area (Å²) in [6.07, 6.45) is 0.801. The van der Waals surface area contributed by atoms with Gasteiger partial charge in [-0.2, -0.15) is 0 Å². The first-order valence-corrected chi connectivity index (χ1v) is 4.80. The summed E-state index contributed by atoms with van der Waals surface area (Å²) in [7, 11) is 0. The molecule has 3 heteroatoms. The number of hydrogen-bond acceptors (Lipinski definition) is 1. The van der Waals surface area contributed by atoms with Gasteiger partial charge >= 0.3 is 0 Å². The second-order valence-corrected chi connectivity index (χ2v) is 4.00. The normalized spacial score (nSPS) is 27.4. The van der Waals surface area contributed by atoms with E-state index >= 15 is 0 Å². The number of benzene rings is 1. The molecule has 1 saturated carbocycles. The zero-order chi connectivity index (χ0) is 10.3. The van der Waals surface area contributed by atoms with Gasteiger partial charge in [0.25, 0.3) is 0 Å². The van der Waals surface area contributed by atoms with E-state index in [9.17, 15) is 8.78 Å². The summed E-state index contributed by atoms with van der Waals surface area (Å²) in [5.41, 5.74) is 5.90. The molecule has 1 nitrogen and oxygen atoms in total. The Balaban J connectivity index is 2.26. The van der Waals surface area contributed by atoms with Crippen LogP contribution in [0.5, 0.6) is 0 Å². The highest BCUT2D eigenvalue weighted by molar-refractivity contribution is 5.29. The van der Waals surface area contributed by atoms with Gasteiger partial charge in [0.1, 0.15) is 11.6 Å². The molecule has 0 unspecified atom stereocenters. The van der Waals surface area contributed by atoms with Crippen molar-refractivity contribution in [3.63, 3.8) is 0 Å². The molecule has 0 saturated heterocycles. The van der Waals surface area contributed by atoms with E-state index in [0.29, 0.717) is 0 Å². The van der Waals surface area contributed by atoms with Crippen molar-refractivity contribution in [2.24, 2.45) is 11.7 Å². The Hall–Kier alpha value is -0.960. The summed E-state index contributed by atoms with van der Waals surface area (Å²) in [4.78, 5) is 0. The third-order valence-corrected chi connectivity index (χ3v) is 2.89. The van der Waals surface area contributed by atoms with Crippen molar-refractivity contribution in [2.75, 3.05) is 0 Å². The lowest BCUT2D eigenvalue weighted by Crippen LogP contribution is -2.18. The van der Waals surface area contributed by atoms with Crippen molar-refractivity contribution >= 4 is 0 Å². The Morgan fingerprint density at radius 2 is 1.93 bits per heavy atom. The van der Waals surface area contributed by atoms with Crippen molar-refractivity contribution in [3.8, 4) is 0 Å². The SMILES string of the molecule is C[C@H](N)[C@@H]1C[C@@H]1c1c(F)cccc1F. The lowest BCUT2D eigenvalue weighted by molar-refractivity contribution is 0.542. The third-order valence-electron chi connectivity index (χ3n) is 2.89. The summed E-state index contributed by atoms with van der Waals surface area (Å²) in [6.45, 7) is 1.88. The highest BCUT2D eigenvalue weighted by Crippen LogP contribution is 2.50. The average molecular weight is 197 g/mol. The maximum atomic E-state index is 13.3. The second kappa shape index (κ2) is 3.31. The van der Waals surface area contributed by atoms with Gasteiger partial charge in [0.2, 0.25) is 0 Å². The molecule has 3 atom stereocenters. The van der Waals surface area contributed by atoms with Crippen LogP contribution in [0, 0.1) is 17.6 Å². The van der Waals surface area contributed by atoms with E-state index in [2.05, 4.69) is 0 Å². The first kappa shape index (κ1) is 9.59. The Morgan fingerprint density at radius 3 is 2.36 bits per heavy atom. The van der Waals surface area contributed by atoms with Gasteiger partial charge in [0.05, 0.1) is 0 Å². The molecule has 0 bridgehead atoms. The summed E-state index contributed by atoms with van der Waals surface area (Å²) in [6, 6.07) is 4.00. The third kappa shape index (κ3) is 1.52. The monoisotopic (exact) mass is 197 g/mol. The summed E-state index contributed by atoms with van der Waals surface area (Å²) >= 11 is 0. The molecule has 14 heavy (non-hydrogen) atoms. The zero-order valence-electron chi connectivity index (χ0n) is 8.00. The van der Waals surface area contributed by atoms with Crippen LogP contribution in [0.2, 0.25) is 0 Å². The molecule has 2 N–H and O–H groups in total. The molecule has 0 spiro atoms. The van der Waals surface area contributed by atoms with E-state index in [1.165, 1.54) is 18.2 Å². The Labute approximate surface area is 81.9 Å². The topological polar surface area (TPSA) is 26.0 Å². The highest BCUT2D eigenvalue weighted by atomic mass is 19.1. The van der Waals surface area contributed by atoms with Crippen LogP contribution >= 0.6 is 0 Å². The summed E-state index contributed by atoms with van der Waals surface area (Å²) < 4.78 is 26.6. The van der Waals surface area contributed by atoms with Gasteiger partial charge in [-0.15, -0.1) is 0 Å². The fourth-order valence-electron chi connectivity index (χ4n) is 1.99. The largest absolute Gasteiger partial charge is 0.328 e. The van der Waals surface area contributed by atoms with Crippen molar-refractivity contribution in [3.05, 3.63) is 35.4 Å². The van der Waals surface area contributed by atoms with E-state index in [1.54, 1.807) is 0 Å². The highest BCUT2D eigenvalue weighted by Gasteiger charge is 2.43. The number of halogens is 2. The van der Waals surface area contributed by atoms with Crippen molar-refractivity contribution in [1.82, 2.24) is 0 Å². The average Bonchev–Trinajstić information content (AvgIpc) is 2.83. The van der Waals surface area contributed by atoms with Gasteiger partial charge in [0, 0.05) is 11.6 Å². The summed E-state index contributed by atoms with van der Waals surface area (Å²) in [5, 5.41) is 0.